The van der Waals surface area contributed by atoms with E-state index in [9.17, 15) is 0 Å². The lowest BCUT2D eigenvalue weighted by molar-refractivity contribution is 0.673. The van der Waals surface area contributed by atoms with Crippen LogP contribution in [0.1, 0.15) is 0 Å². The topological polar surface area (TPSA) is 51.8 Å². The number of fused-ring (bicyclic) bond motifs is 4. The van der Waals surface area contributed by atoms with Crippen molar-refractivity contribution in [3.63, 3.8) is 0 Å². The highest BCUT2D eigenvalue weighted by atomic mass is 16.3. The van der Waals surface area contributed by atoms with Gasteiger partial charge in [0.15, 0.2) is 17.5 Å². The standard InChI is InChI=1S/C43H10B17N3O/c44-22-16-19(31(53)35(57)34(56)28(16)50)33(55)40-20(22)14-13(15-24(46)26(48)17(27(49)25(15)47)18-29(51)36(58)38(60)37(59)30(18)52)23(45)32(54)21(39(14)64-40)43-62-41(11-7-3-1-4-8-11)61-42(63-43)12-9-5-2-6-10-12/h1-10H. The molecule has 2 heterocycles. The van der Waals surface area contributed by atoms with Crippen molar-refractivity contribution in [2.24, 2.45) is 0 Å². The first-order chi connectivity index (χ1) is 30.4. The number of aromatic nitrogens is 3. The Morgan fingerprint density at radius 1 is 0.250 bits per heavy atom. The molecule has 0 aliphatic heterocycles. The van der Waals surface area contributed by atoms with E-state index in [0.29, 0.717) is 22.8 Å². The van der Waals surface area contributed by atoms with Gasteiger partial charge in [-0.25, -0.2) is 15.0 Å². The summed E-state index contributed by atoms with van der Waals surface area (Å²) >= 11 is 0. The molecule has 64 heavy (non-hydrogen) atoms. The first-order valence-electron chi connectivity index (χ1n) is 19.2. The minimum absolute atomic E-state index is 0.00101. The summed E-state index contributed by atoms with van der Waals surface area (Å²) in [4.78, 5) is 14.7. The summed E-state index contributed by atoms with van der Waals surface area (Å²) in [5, 5.41) is 0.706. The molecule has 0 aliphatic rings. The maximum absolute atomic E-state index is 7.19. The van der Waals surface area contributed by atoms with Crippen molar-refractivity contribution < 1.29 is 4.42 Å². The van der Waals surface area contributed by atoms with Gasteiger partial charge in [0.05, 0.1) is 5.56 Å². The predicted octanol–water partition coefficient (Wildman–Crippen LogP) is -9.25. The number of nitrogens with zero attached hydrogens (tertiary/aromatic N) is 3. The molecule has 9 rings (SSSR count). The SMILES string of the molecule is [B]c1c([B])c([B])c(-c2c([B])c([B])c(-c3c([B])c([B])c(-c4nc(-c5ccccc5)nc(-c5ccccc5)n4)c4oc5c([B])c6c([B])c([B])c([B])c([B])c6c([B])c5c34)c([B])c2[B])c([B])c1[B]. The van der Waals surface area contributed by atoms with Gasteiger partial charge in [-0.3, -0.25) is 0 Å². The number of hydrogen-bond donors (Lipinski definition) is 0. The van der Waals surface area contributed by atoms with E-state index >= 15 is 0 Å². The Bertz CT molecular complexity index is 3410. The van der Waals surface area contributed by atoms with E-state index in [-0.39, 0.29) is 159 Å². The minimum atomic E-state index is -0.144. The molecule has 0 saturated carbocycles. The highest BCUT2D eigenvalue weighted by Crippen LogP contribution is 2.39. The molecular formula is C43H10B17N3O. The van der Waals surface area contributed by atoms with E-state index in [1.54, 1.807) is 0 Å². The van der Waals surface area contributed by atoms with Crippen molar-refractivity contribution >= 4 is 259 Å². The summed E-state index contributed by atoms with van der Waals surface area (Å²) in [6.45, 7) is 0. The molecular weight excluding hydrogens is 758 g/mol. The summed E-state index contributed by atoms with van der Waals surface area (Å²) in [5.41, 5.74) is 0.641. The summed E-state index contributed by atoms with van der Waals surface area (Å²) in [6.07, 6.45) is 0. The van der Waals surface area contributed by atoms with Crippen molar-refractivity contribution in [1.29, 1.82) is 0 Å². The summed E-state index contributed by atoms with van der Waals surface area (Å²) in [7, 11) is 113. The van der Waals surface area contributed by atoms with Crippen LogP contribution in [0.3, 0.4) is 0 Å². The third-order valence-electron chi connectivity index (χ3n) is 11.7. The summed E-state index contributed by atoms with van der Waals surface area (Å²) in [6, 6.07) is 18.5. The smallest absolute Gasteiger partial charge is 0.167 e. The Balaban J connectivity index is 1.49. The lowest BCUT2D eigenvalue weighted by Gasteiger charge is -2.29. The molecule has 34 radical (unpaired) electrons. The van der Waals surface area contributed by atoms with Gasteiger partial charge >= 0.3 is 0 Å². The second-order valence-electron chi connectivity index (χ2n) is 15.2. The molecule has 0 atom stereocenters. The molecule has 0 saturated heterocycles. The first kappa shape index (κ1) is 43.9. The quantitative estimate of drug-likeness (QED) is 0.164. The molecule has 7 aromatic carbocycles. The second-order valence-corrected chi connectivity index (χ2v) is 15.2. The van der Waals surface area contributed by atoms with Crippen LogP contribution in [0.15, 0.2) is 65.1 Å². The molecule has 21 heteroatoms. The molecule has 0 N–H and O–H groups in total. The van der Waals surface area contributed by atoms with E-state index in [1.165, 1.54) is 0 Å². The van der Waals surface area contributed by atoms with Gasteiger partial charge < -0.3 is 4.42 Å². The van der Waals surface area contributed by atoms with Crippen LogP contribution >= 0.6 is 0 Å². The molecule has 0 unspecified atom stereocenters. The monoisotopic (exact) mass is 771 g/mol. The van der Waals surface area contributed by atoms with Crippen molar-refractivity contribution in [1.82, 2.24) is 15.0 Å². The zero-order chi connectivity index (χ0) is 46.0. The van der Waals surface area contributed by atoms with Gasteiger partial charge in [-0.05, 0) is 38.5 Å². The van der Waals surface area contributed by atoms with Crippen molar-refractivity contribution in [3.8, 4) is 56.4 Å². The zero-order valence-corrected chi connectivity index (χ0v) is 33.8. The predicted molar refractivity (Wildman–Crippen MR) is 283 cm³/mol. The van der Waals surface area contributed by atoms with Gasteiger partial charge in [-0.15, -0.1) is 27.3 Å². The van der Waals surface area contributed by atoms with Crippen LogP contribution < -0.4 is 92.9 Å². The van der Waals surface area contributed by atoms with E-state index in [1.807, 2.05) is 60.7 Å². The van der Waals surface area contributed by atoms with Gasteiger partial charge in [0, 0.05) is 21.9 Å². The molecule has 9 aromatic rings. The molecule has 0 amide bonds. The van der Waals surface area contributed by atoms with Crippen LogP contribution in [-0.4, -0.2) is 148 Å². The van der Waals surface area contributed by atoms with Crippen LogP contribution in [0.5, 0.6) is 0 Å². The normalized spacial score (nSPS) is 11.6. The molecule has 0 aliphatic carbocycles. The highest BCUT2D eigenvalue weighted by Gasteiger charge is 2.30. The van der Waals surface area contributed by atoms with Gasteiger partial charge in [-0.1, -0.05) is 121 Å². The average Bonchev–Trinajstić information content (AvgIpc) is 3.70. The van der Waals surface area contributed by atoms with E-state index in [2.05, 4.69) is 0 Å². The van der Waals surface area contributed by atoms with Gasteiger partial charge in [0.25, 0.3) is 0 Å². The Labute approximate surface area is 393 Å². The Morgan fingerprint density at radius 3 is 1.03 bits per heavy atom. The first-order valence-corrected chi connectivity index (χ1v) is 19.2. The van der Waals surface area contributed by atoms with E-state index < -0.39 is 0 Å². The highest BCUT2D eigenvalue weighted by molar-refractivity contribution is 6.73. The lowest BCUT2D eigenvalue weighted by atomic mass is 9.55. The van der Waals surface area contributed by atoms with Gasteiger partial charge in [-0.2, -0.15) is 0 Å². The van der Waals surface area contributed by atoms with Crippen LogP contribution in [-0.2, 0) is 0 Å². The fourth-order valence-electron chi connectivity index (χ4n) is 8.33. The maximum atomic E-state index is 7.19. The van der Waals surface area contributed by atoms with Gasteiger partial charge in [0.2, 0.25) is 0 Å². The fraction of sp³-hybridized carbons (Fsp3) is 0. The van der Waals surface area contributed by atoms with Crippen LogP contribution in [0.4, 0.5) is 0 Å². The molecule has 2 aromatic heterocycles. The number of benzene rings is 7. The van der Waals surface area contributed by atoms with E-state index in [4.69, 9.17) is 153 Å². The minimum Gasteiger partial charge on any atom is -0.456 e. The second kappa shape index (κ2) is 16.0. The summed E-state index contributed by atoms with van der Waals surface area (Å²) in [5.74, 6) is 0.666. The molecule has 0 bridgehead atoms. The van der Waals surface area contributed by atoms with Crippen molar-refractivity contribution in [2.75, 3.05) is 0 Å². The maximum Gasteiger partial charge on any atom is 0.167 e. The largest absolute Gasteiger partial charge is 0.456 e. The zero-order valence-electron chi connectivity index (χ0n) is 33.8. The van der Waals surface area contributed by atoms with Crippen LogP contribution in [0.2, 0.25) is 0 Å². The fourth-order valence-corrected chi connectivity index (χ4v) is 8.33. The van der Waals surface area contributed by atoms with Crippen LogP contribution in [0.25, 0.3) is 89.1 Å². The molecule has 4 nitrogen and oxygen atoms in total. The number of rotatable bonds is 5. The Kier molecular flexibility index (Phi) is 11.0. The third kappa shape index (κ3) is 6.33. The van der Waals surface area contributed by atoms with Crippen molar-refractivity contribution in [2.45, 2.75) is 0 Å². The Morgan fingerprint density at radius 2 is 0.578 bits per heavy atom. The third-order valence-corrected chi connectivity index (χ3v) is 11.7. The number of hydrogen-bond acceptors (Lipinski definition) is 4. The van der Waals surface area contributed by atoms with Crippen molar-refractivity contribution in [3.05, 3.63) is 60.7 Å². The van der Waals surface area contributed by atoms with E-state index in [0.717, 1.165) is 0 Å². The molecule has 0 spiro atoms. The van der Waals surface area contributed by atoms with Gasteiger partial charge in [0.1, 0.15) is 145 Å². The summed E-state index contributed by atoms with van der Waals surface area (Å²) < 4.78 is 6.79. The number of furan rings is 1. The Hall–Kier alpha value is -5.29. The average molecular weight is 768 g/mol. The van der Waals surface area contributed by atoms with Crippen LogP contribution in [0, 0.1) is 0 Å². The lowest BCUT2D eigenvalue weighted by Crippen LogP contribution is -2.57. The molecule has 254 valence electrons. The molecule has 0 fully saturated rings.